The number of aryl methyl sites for hydroxylation is 2. The highest BCUT2D eigenvalue weighted by Gasteiger charge is 2.33. The van der Waals surface area contributed by atoms with Gasteiger partial charge in [-0.05, 0) is 32.8 Å². The van der Waals surface area contributed by atoms with E-state index in [1.54, 1.807) is 9.42 Å². The molecule has 2 aromatic rings. The summed E-state index contributed by atoms with van der Waals surface area (Å²) in [6, 6.07) is 1.90. The van der Waals surface area contributed by atoms with E-state index in [1.807, 2.05) is 24.8 Å². The molecule has 2 aliphatic rings. The molecule has 2 aromatic heterocycles. The minimum absolute atomic E-state index is 0.117. The predicted molar refractivity (Wildman–Crippen MR) is 96.3 cm³/mol. The summed E-state index contributed by atoms with van der Waals surface area (Å²) in [6.07, 6.45) is 1.61. The molecule has 2 amide bonds. The van der Waals surface area contributed by atoms with Gasteiger partial charge in [0.25, 0.3) is 11.7 Å². The van der Waals surface area contributed by atoms with E-state index in [2.05, 4.69) is 15.1 Å². The molecule has 4 rings (SSSR count). The lowest BCUT2D eigenvalue weighted by atomic mass is 9.96. The Labute approximate surface area is 157 Å². The number of hydrogen-bond acceptors (Lipinski definition) is 6. The van der Waals surface area contributed by atoms with Crippen molar-refractivity contribution in [1.82, 2.24) is 29.4 Å². The number of morpholine rings is 1. The minimum atomic E-state index is -0.239. The van der Waals surface area contributed by atoms with Crippen LogP contribution >= 0.6 is 0 Å². The third kappa shape index (κ3) is 3.51. The molecule has 9 heteroatoms. The zero-order valence-corrected chi connectivity index (χ0v) is 15.7. The second kappa shape index (κ2) is 7.22. The van der Waals surface area contributed by atoms with Crippen LogP contribution in [0.4, 0.5) is 0 Å². The molecule has 27 heavy (non-hydrogen) atoms. The van der Waals surface area contributed by atoms with Crippen molar-refractivity contribution in [3.63, 3.8) is 0 Å². The molecule has 1 atom stereocenters. The van der Waals surface area contributed by atoms with Crippen molar-refractivity contribution in [1.29, 1.82) is 0 Å². The Kier molecular flexibility index (Phi) is 4.77. The topological polar surface area (TPSA) is 92.9 Å². The summed E-state index contributed by atoms with van der Waals surface area (Å²) in [7, 11) is 0. The van der Waals surface area contributed by atoms with Crippen molar-refractivity contribution in [2.75, 3.05) is 39.4 Å². The summed E-state index contributed by atoms with van der Waals surface area (Å²) in [5.74, 6) is 0.272. The number of amides is 2. The number of rotatable bonds is 2. The van der Waals surface area contributed by atoms with E-state index >= 15 is 0 Å². The van der Waals surface area contributed by atoms with Gasteiger partial charge in [-0.25, -0.2) is 9.50 Å². The van der Waals surface area contributed by atoms with E-state index in [0.29, 0.717) is 45.2 Å². The van der Waals surface area contributed by atoms with E-state index in [9.17, 15) is 9.59 Å². The van der Waals surface area contributed by atoms with Crippen LogP contribution in [-0.4, -0.2) is 80.6 Å². The van der Waals surface area contributed by atoms with Crippen LogP contribution in [0.1, 0.15) is 34.8 Å². The normalized spacial score (nSPS) is 20.9. The van der Waals surface area contributed by atoms with Crippen LogP contribution in [-0.2, 0) is 9.53 Å². The van der Waals surface area contributed by atoms with Gasteiger partial charge in [0.2, 0.25) is 11.7 Å². The Morgan fingerprint density at radius 1 is 1.11 bits per heavy atom. The van der Waals surface area contributed by atoms with Crippen LogP contribution < -0.4 is 0 Å². The van der Waals surface area contributed by atoms with Gasteiger partial charge in [-0.2, -0.15) is 4.98 Å². The Hall–Kier alpha value is -2.55. The van der Waals surface area contributed by atoms with Crippen LogP contribution in [0.15, 0.2) is 6.07 Å². The fourth-order valence-corrected chi connectivity index (χ4v) is 3.80. The maximum absolute atomic E-state index is 12.9. The standard InChI is InChI=1S/C18H24N6O3/c1-12-10-13(2)24-18(19-12)20-15(21-24)17(26)23-5-3-4-14(11-23)16(25)22-6-8-27-9-7-22/h10,14H,3-9,11H2,1-2H3. The third-order valence-electron chi connectivity index (χ3n) is 5.19. The molecule has 2 fully saturated rings. The zero-order valence-electron chi connectivity index (χ0n) is 15.7. The Bertz CT molecular complexity index is 873. The molecule has 0 aliphatic carbocycles. The van der Waals surface area contributed by atoms with Gasteiger partial charge < -0.3 is 14.5 Å². The summed E-state index contributed by atoms with van der Waals surface area (Å²) in [6.45, 7) is 7.24. The SMILES string of the molecule is Cc1cc(C)n2nc(C(=O)N3CCCC(C(=O)N4CCOCC4)C3)nc2n1. The average molecular weight is 372 g/mol. The Morgan fingerprint density at radius 3 is 2.67 bits per heavy atom. The average Bonchev–Trinajstić information content (AvgIpc) is 3.12. The number of ether oxygens (including phenoxy) is 1. The molecule has 2 aliphatic heterocycles. The monoisotopic (exact) mass is 372 g/mol. The first-order chi connectivity index (χ1) is 13.0. The number of fused-ring (bicyclic) bond motifs is 1. The molecule has 0 aromatic carbocycles. The van der Waals surface area contributed by atoms with E-state index in [-0.39, 0.29) is 23.6 Å². The first kappa shape index (κ1) is 17.8. The molecular weight excluding hydrogens is 348 g/mol. The molecule has 144 valence electrons. The quantitative estimate of drug-likeness (QED) is 0.760. The summed E-state index contributed by atoms with van der Waals surface area (Å²) in [5.41, 5.74) is 1.71. The number of carbonyl (C=O) groups excluding carboxylic acids is 2. The lowest BCUT2D eigenvalue weighted by molar-refractivity contribution is -0.141. The van der Waals surface area contributed by atoms with Crippen LogP contribution in [0.25, 0.3) is 5.78 Å². The van der Waals surface area contributed by atoms with Gasteiger partial charge in [-0.3, -0.25) is 9.59 Å². The van der Waals surface area contributed by atoms with Crippen molar-refractivity contribution in [2.24, 2.45) is 5.92 Å². The van der Waals surface area contributed by atoms with Crippen molar-refractivity contribution in [3.05, 3.63) is 23.3 Å². The number of nitrogens with zero attached hydrogens (tertiary/aromatic N) is 6. The van der Waals surface area contributed by atoms with E-state index < -0.39 is 0 Å². The molecule has 0 bridgehead atoms. The van der Waals surface area contributed by atoms with Gasteiger partial charge in [-0.1, -0.05) is 0 Å². The van der Waals surface area contributed by atoms with E-state index in [1.165, 1.54) is 0 Å². The highest BCUT2D eigenvalue weighted by Crippen LogP contribution is 2.21. The van der Waals surface area contributed by atoms with E-state index in [4.69, 9.17) is 4.74 Å². The maximum Gasteiger partial charge on any atom is 0.293 e. The first-order valence-corrected chi connectivity index (χ1v) is 9.40. The second-order valence-electron chi connectivity index (χ2n) is 7.21. The van der Waals surface area contributed by atoms with Crippen LogP contribution in [0.2, 0.25) is 0 Å². The van der Waals surface area contributed by atoms with Gasteiger partial charge in [-0.15, -0.1) is 5.10 Å². The minimum Gasteiger partial charge on any atom is -0.378 e. The first-order valence-electron chi connectivity index (χ1n) is 9.40. The third-order valence-corrected chi connectivity index (χ3v) is 5.19. The number of likely N-dealkylation sites (tertiary alicyclic amines) is 1. The summed E-state index contributed by atoms with van der Waals surface area (Å²) in [5, 5.41) is 4.33. The van der Waals surface area contributed by atoms with Crippen LogP contribution in [0.3, 0.4) is 0 Å². The molecule has 2 saturated heterocycles. The maximum atomic E-state index is 12.9. The summed E-state index contributed by atoms with van der Waals surface area (Å²) in [4.78, 5) is 37.9. The zero-order chi connectivity index (χ0) is 19.0. The van der Waals surface area contributed by atoms with Crippen molar-refractivity contribution in [3.8, 4) is 0 Å². The van der Waals surface area contributed by atoms with Gasteiger partial charge in [0.1, 0.15) is 0 Å². The molecule has 0 radical (unpaired) electrons. The number of aromatic nitrogens is 4. The molecule has 0 N–H and O–H groups in total. The van der Waals surface area contributed by atoms with Crippen LogP contribution in [0, 0.1) is 19.8 Å². The molecule has 9 nitrogen and oxygen atoms in total. The lowest BCUT2D eigenvalue weighted by Crippen LogP contribution is -2.49. The van der Waals surface area contributed by atoms with Gasteiger partial charge >= 0.3 is 0 Å². The van der Waals surface area contributed by atoms with Crippen molar-refractivity contribution >= 4 is 17.6 Å². The summed E-state index contributed by atoms with van der Waals surface area (Å²) < 4.78 is 6.90. The summed E-state index contributed by atoms with van der Waals surface area (Å²) >= 11 is 0. The molecule has 4 heterocycles. The highest BCUT2D eigenvalue weighted by atomic mass is 16.5. The number of carbonyl (C=O) groups is 2. The molecule has 0 saturated carbocycles. The predicted octanol–water partition coefficient (Wildman–Crippen LogP) is 0.452. The molecular formula is C18H24N6O3. The second-order valence-corrected chi connectivity index (χ2v) is 7.21. The van der Waals surface area contributed by atoms with Gasteiger partial charge in [0, 0.05) is 37.6 Å². The van der Waals surface area contributed by atoms with E-state index in [0.717, 1.165) is 24.2 Å². The van der Waals surface area contributed by atoms with Crippen molar-refractivity contribution < 1.29 is 14.3 Å². The van der Waals surface area contributed by atoms with Crippen LogP contribution in [0.5, 0.6) is 0 Å². The lowest BCUT2D eigenvalue weighted by Gasteiger charge is -2.35. The fourth-order valence-electron chi connectivity index (χ4n) is 3.80. The van der Waals surface area contributed by atoms with Crippen molar-refractivity contribution in [2.45, 2.75) is 26.7 Å². The Balaban J connectivity index is 1.50. The molecule has 0 spiro atoms. The Morgan fingerprint density at radius 2 is 1.89 bits per heavy atom. The van der Waals surface area contributed by atoms with Gasteiger partial charge in [0.15, 0.2) is 0 Å². The highest BCUT2D eigenvalue weighted by molar-refractivity contribution is 5.91. The number of hydrogen-bond donors (Lipinski definition) is 0. The largest absolute Gasteiger partial charge is 0.378 e. The fraction of sp³-hybridized carbons (Fsp3) is 0.611. The van der Waals surface area contributed by atoms with Gasteiger partial charge in [0.05, 0.1) is 19.1 Å². The molecule has 1 unspecified atom stereocenters. The number of piperidine rings is 1. The smallest absolute Gasteiger partial charge is 0.293 e.